The van der Waals surface area contributed by atoms with E-state index in [4.69, 9.17) is 0 Å². The van der Waals surface area contributed by atoms with Gasteiger partial charge in [-0.1, -0.05) is 29.8 Å². The predicted octanol–water partition coefficient (Wildman–Crippen LogP) is 3.99. The second-order valence-electron chi connectivity index (χ2n) is 5.74. The van der Waals surface area contributed by atoms with Crippen LogP contribution in [0.25, 0.3) is 10.9 Å². The number of aromatic nitrogens is 1. The number of H-pyrrole nitrogens is 1. The molecule has 0 aliphatic rings. The molecule has 0 radical (unpaired) electrons. The first kappa shape index (κ1) is 14.4. The van der Waals surface area contributed by atoms with Crippen LogP contribution in [-0.4, -0.2) is 17.9 Å². The third-order valence-corrected chi connectivity index (χ3v) is 4.12. The topological polar surface area (TPSA) is 36.1 Å². The van der Waals surface area contributed by atoms with Crippen LogP contribution in [0.1, 0.15) is 16.8 Å². The molecule has 2 aromatic carbocycles. The maximum atomic E-state index is 12.6. The first-order chi connectivity index (χ1) is 10.6. The zero-order valence-electron chi connectivity index (χ0n) is 13.2. The molecule has 0 aliphatic carbocycles. The highest BCUT2D eigenvalue weighted by Crippen LogP contribution is 2.24. The Kier molecular flexibility index (Phi) is 3.72. The van der Waals surface area contributed by atoms with E-state index in [1.54, 1.807) is 4.90 Å². The number of anilines is 1. The Morgan fingerprint density at radius 3 is 2.55 bits per heavy atom. The minimum absolute atomic E-state index is 0.0942. The zero-order chi connectivity index (χ0) is 15.7. The van der Waals surface area contributed by atoms with Gasteiger partial charge in [-0.15, -0.1) is 0 Å². The first-order valence-electron chi connectivity index (χ1n) is 7.45. The van der Waals surface area contributed by atoms with Crippen molar-refractivity contribution in [2.45, 2.75) is 20.3 Å². The van der Waals surface area contributed by atoms with Crippen molar-refractivity contribution in [3.8, 4) is 0 Å². The molecular weight excluding hydrogens is 272 g/mol. The minimum atomic E-state index is 0.0942. The number of amides is 1. The van der Waals surface area contributed by atoms with E-state index in [0.29, 0.717) is 6.42 Å². The van der Waals surface area contributed by atoms with Crippen LogP contribution in [0, 0.1) is 13.8 Å². The number of aromatic amines is 1. The lowest BCUT2D eigenvalue weighted by molar-refractivity contribution is -0.117. The van der Waals surface area contributed by atoms with Gasteiger partial charge < -0.3 is 9.88 Å². The quantitative estimate of drug-likeness (QED) is 0.778. The van der Waals surface area contributed by atoms with Crippen LogP contribution < -0.4 is 4.90 Å². The molecule has 3 rings (SSSR count). The Labute approximate surface area is 130 Å². The van der Waals surface area contributed by atoms with Crippen molar-refractivity contribution in [1.82, 2.24) is 4.98 Å². The largest absolute Gasteiger partial charge is 0.358 e. The van der Waals surface area contributed by atoms with Crippen LogP contribution in [0.15, 0.2) is 48.5 Å². The number of carbonyl (C=O) groups is 1. The molecule has 0 atom stereocenters. The summed E-state index contributed by atoms with van der Waals surface area (Å²) in [6.45, 7) is 4.10. The molecule has 0 fully saturated rings. The Morgan fingerprint density at radius 2 is 1.82 bits per heavy atom. The zero-order valence-corrected chi connectivity index (χ0v) is 13.2. The van der Waals surface area contributed by atoms with Gasteiger partial charge in [0.1, 0.15) is 0 Å². The SMILES string of the molecule is Cc1ccc2[nH]c(C)c(CC(=O)N(C)c3ccccc3)c2c1. The van der Waals surface area contributed by atoms with Crippen molar-refractivity contribution in [1.29, 1.82) is 0 Å². The standard InChI is InChI=1S/C19H20N2O/c1-13-9-10-18-17(11-13)16(14(2)20-18)12-19(22)21(3)15-7-5-4-6-8-15/h4-11,20H,12H2,1-3H3. The van der Waals surface area contributed by atoms with Crippen LogP contribution in [0.2, 0.25) is 0 Å². The number of carbonyl (C=O) groups excluding carboxylic acids is 1. The summed E-state index contributed by atoms with van der Waals surface area (Å²) < 4.78 is 0. The van der Waals surface area contributed by atoms with Crippen molar-refractivity contribution in [2.75, 3.05) is 11.9 Å². The van der Waals surface area contributed by atoms with Gasteiger partial charge in [0.15, 0.2) is 0 Å². The molecule has 0 unspecified atom stereocenters. The van der Waals surface area contributed by atoms with E-state index in [0.717, 1.165) is 27.8 Å². The number of hydrogen-bond acceptors (Lipinski definition) is 1. The van der Waals surface area contributed by atoms with E-state index in [-0.39, 0.29) is 5.91 Å². The van der Waals surface area contributed by atoms with Crippen LogP contribution in [-0.2, 0) is 11.2 Å². The molecule has 1 amide bonds. The van der Waals surface area contributed by atoms with Crippen molar-refractivity contribution in [3.05, 3.63) is 65.4 Å². The fourth-order valence-electron chi connectivity index (χ4n) is 2.79. The van der Waals surface area contributed by atoms with E-state index in [1.165, 1.54) is 5.56 Å². The Morgan fingerprint density at radius 1 is 1.09 bits per heavy atom. The summed E-state index contributed by atoms with van der Waals surface area (Å²) in [5, 5.41) is 1.15. The number of aryl methyl sites for hydroxylation is 2. The fraction of sp³-hybridized carbons (Fsp3) is 0.211. The molecule has 0 saturated carbocycles. The molecule has 0 saturated heterocycles. The molecular formula is C19H20N2O. The van der Waals surface area contributed by atoms with Gasteiger partial charge in [-0.2, -0.15) is 0 Å². The molecule has 3 aromatic rings. The summed E-state index contributed by atoms with van der Waals surface area (Å²) in [6, 6.07) is 16.0. The van der Waals surface area contributed by atoms with Crippen molar-refractivity contribution >= 4 is 22.5 Å². The molecule has 1 heterocycles. The van der Waals surface area contributed by atoms with Crippen LogP contribution in [0.4, 0.5) is 5.69 Å². The summed E-state index contributed by atoms with van der Waals surface area (Å²) in [6.07, 6.45) is 0.403. The molecule has 0 bridgehead atoms. The van der Waals surface area contributed by atoms with Gasteiger partial charge in [0.05, 0.1) is 6.42 Å². The number of hydrogen-bond donors (Lipinski definition) is 1. The van der Waals surface area contributed by atoms with Gasteiger partial charge in [-0.05, 0) is 43.7 Å². The molecule has 0 aliphatic heterocycles. The fourth-order valence-corrected chi connectivity index (χ4v) is 2.79. The van der Waals surface area contributed by atoms with Crippen LogP contribution >= 0.6 is 0 Å². The van der Waals surface area contributed by atoms with Crippen molar-refractivity contribution in [2.24, 2.45) is 0 Å². The van der Waals surface area contributed by atoms with Crippen molar-refractivity contribution < 1.29 is 4.79 Å². The number of rotatable bonds is 3. The molecule has 22 heavy (non-hydrogen) atoms. The highest BCUT2D eigenvalue weighted by atomic mass is 16.2. The normalized spacial score (nSPS) is 10.9. The average Bonchev–Trinajstić information content (AvgIpc) is 2.83. The maximum absolute atomic E-state index is 12.6. The third kappa shape index (κ3) is 2.62. The second-order valence-corrected chi connectivity index (χ2v) is 5.74. The Bertz CT molecular complexity index is 818. The number of benzene rings is 2. The van der Waals surface area contributed by atoms with Gasteiger partial charge in [-0.25, -0.2) is 0 Å². The van der Waals surface area contributed by atoms with Gasteiger partial charge >= 0.3 is 0 Å². The highest BCUT2D eigenvalue weighted by Gasteiger charge is 2.16. The monoisotopic (exact) mass is 292 g/mol. The lowest BCUT2D eigenvalue weighted by Gasteiger charge is -2.17. The summed E-state index contributed by atoms with van der Waals surface area (Å²) in [5.41, 5.74) is 5.37. The molecule has 3 nitrogen and oxygen atoms in total. The Balaban J connectivity index is 1.91. The average molecular weight is 292 g/mol. The van der Waals surface area contributed by atoms with E-state index in [1.807, 2.05) is 44.3 Å². The number of nitrogens with one attached hydrogen (secondary N) is 1. The molecule has 112 valence electrons. The van der Waals surface area contributed by atoms with E-state index >= 15 is 0 Å². The minimum Gasteiger partial charge on any atom is -0.358 e. The smallest absolute Gasteiger partial charge is 0.231 e. The van der Waals surface area contributed by atoms with Gasteiger partial charge in [0.25, 0.3) is 0 Å². The van der Waals surface area contributed by atoms with Gasteiger partial charge in [-0.3, -0.25) is 4.79 Å². The summed E-state index contributed by atoms with van der Waals surface area (Å²) in [5.74, 6) is 0.0942. The van der Waals surface area contributed by atoms with Crippen LogP contribution in [0.5, 0.6) is 0 Å². The molecule has 1 aromatic heterocycles. The van der Waals surface area contributed by atoms with Crippen LogP contribution in [0.3, 0.4) is 0 Å². The third-order valence-electron chi connectivity index (χ3n) is 4.12. The molecule has 1 N–H and O–H groups in total. The number of likely N-dealkylation sites (N-methyl/N-ethyl adjacent to an activating group) is 1. The van der Waals surface area contributed by atoms with E-state index in [9.17, 15) is 4.79 Å². The number of fused-ring (bicyclic) bond motifs is 1. The van der Waals surface area contributed by atoms with E-state index in [2.05, 4.69) is 30.1 Å². The Hall–Kier alpha value is -2.55. The summed E-state index contributed by atoms with van der Waals surface area (Å²) in [7, 11) is 1.83. The predicted molar refractivity (Wildman–Crippen MR) is 91.3 cm³/mol. The summed E-state index contributed by atoms with van der Waals surface area (Å²) in [4.78, 5) is 17.7. The maximum Gasteiger partial charge on any atom is 0.231 e. The van der Waals surface area contributed by atoms with Crippen molar-refractivity contribution in [3.63, 3.8) is 0 Å². The highest BCUT2D eigenvalue weighted by molar-refractivity contribution is 5.97. The lowest BCUT2D eigenvalue weighted by atomic mass is 10.1. The number of nitrogens with zero attached hydrogens (tertiary/aromatic N) is 1. The lowest BCUT2D eigenvalue weighted by Crippen LogP contribution is -2.27. The van der Waals surface area contributed by atoms with Gasteiger partial charge in [0, 0.05) is 29.3 Å². The number of para-hydroxylation sites is 1. The first-order valence-corrected chi connectivity index (χ1v) is 7.45. The second kappa shape index (κ2) is 5.68. The molecule has 0 spiro atoms. The molecule has 3 heteroatoms. The van der Waals surface area contributed by atoms with E-state index < -0.39 is 0 Å². The van der Waals surface area contributed by atoms with Gasteiger partial charge in [0.2, 0.25) is 5.91 Å². The summed E-state index contributed by atoms with van der Waals surface area (Å²) >= 11 is 0.